The van der Waals surface area contributed by atoms with Crippen LogP contribution in [0.25, 0.3) is 0 Å². The summed E-state index contributed by atoms with van der Waals surface area (Å²) in [5.74, 6) is 0. The first-order valence-electron chi connectivity index (χ1n) is 20.8. The van der Waals surface area contributed by atoms with Gasteiger partial charge >= 0.3 is 0 Å². The van der Waals surface area contributed by atoms with Crippen molar-refractivity contribution in [1.29, 1.82) is 0 Å². The fraction of sp³-hybridized carbons (Fsp3) is 0.500. The highest BCUT2D eigenvalue weighted by atomic mass is 79.9. The normalized spacial score (nSPS) is 10.7. The summed E-state index contributed by atoms with van der Waals surface area (Å²) >= 11 is 0. The highest BCUT2D eigenvalue weighted by Crippen LogP contribution is 2.36. The van der Waals surface area contributed by atoms with Crippen molar-refractivity contribution in [2.24, 2.45) is 0 Å². The van der Waals surface area contributed by atoms with Crippen molar-refractivity contribution in [2.75, 3.05) is 12.3 Å². The third-order valence-electron chi connectivity index (χ3n) is 10.0. The summed E-state index contributed by atoms with van der Waals surface area (Å²) in [6.45, 7) is 4.58. The van der Waals surface area contributed by atoms with Crippen LogP contribution in [0.1, 0.15) is 142 Å². The molecule has 0 heterocycles. The second-order valence-corrected chi connectivity index (χ2v) is 19.5. The molecule has 52 heavy (non-hydrogen) atoms. The first-order valence-corrected chi connectivity index (χ1v) is 24.2. The minimum Gasteiger partial charge on any atom is -1.00 e. The minimum atomic E-state index is -0.607. The highest BCUT2D eigenvalue weighted by molar-refractivity contribution is 7.73. The van der Waals surface area contributed by atoms with Gasteiger partial charge in [-0.1, -0.05) is 189 Å². The number of hydrogen-bond donors (Lipinski definition) is 0. The zero-order valence-electron chi connectivity index (χ0n) is 32.9. The molecule has 0 nitrogen and oxygen atoms in total. The zero-order valence-corrected chi connectivity index (χ0v) is 38.0. The molecule has 0 aliphatic heterocycles. The Balaban J connectivity index is 0.000000501. The zero-order chi connectivity index (χ0) is 35.2. The van der Waals surface area contributed by atoms with Gasteiger partial charge in [0, 0.05) is 0 Å². The van der Waals surface area contributed by atoms with E-state index < -0.39 is 15.8 Å². The molecule has 4 rings (SSSR count). The molecule has 0 saturated carbocycles. The summed E-state index contributed by atoms with van der Waals surface area (Å²) in [5, 5.41) is 6.26. The lowest BCUT2D eigenvalue weighted by Crippen LogP contribution is -3.00. The molecule has 0 aliphatic rings. The van der Waals surface area contributed by atoms with Crippen LogP contribution in [0.2, 0.25) is 0 Å². The van der Waals surface area contributed by atoms with Gasteiger partial charge in [-0.3, -0.25) is 0 Å². The largest absolute Gasteiger partial charge is 1.00 e. The molecule has 0 saturated heterocycles. The molecular weight excluding hydrogens is 798 g/mol. The van der Waals surface area contributed by atoms with E-state index in [1.807, 2.05) is 0 Å². The van der Waals surface area contributed by atoms with Crippen molar-refractivity contribution >= 4 is 37.1 Å². The molecular formula is C48H72Br2P2. The summed E-state index contributed by atoms with van der Waals surface area (Å²) in [7, 11) is -1.21. The summed E-state index contributed by atoms with van der Waals surface area (Å²) in [6.07, 6.45) is 31.1. The SMILES string of the molecule is CCCCCCCCCCCC[PH+](c1ccccc1)c1ccccc1.CCCCCCCCCCCC[PH+](c1ccccc1)c1ccccc1.[Br-].[Br-]. The lowest BCUT2D eigenvalue weighted by Gasteiger charge is -2.10. The lowest BCUT2D eigenvalue weighted by molar-refractivity contribution is -0.001000. The van der Waals surface area contributed by atoms with E-state index in [1.54, 1.807) is 21.2 Å². The van der Waals surface area contributed by atoms with Gasteiger partial charge in [0.15, 0.2) is 0 Å². The lowest BCUT2D eigenvalue weighted by atomic mass is 10.1. The van der Waals surface area contributed by atoms with Crippen LogP contribution in [0.3, 0.4) is 0 Å². The van der Waals surface area contributed by atoms with Crippen LogP contribution in [-0.4, -0.2) is 12.3 Å². The number of benzene rings is 4. The van der Waals surface area contributed by atoms with Gasteiger partial charge in [0.2, 0.25) is 0 Å². The molecule has 0 bridgehead atoms. The maximum Gasteiger partial charge on any atom is 0.0966 e. The summed E-state index contributed by atoms with van der Waals surface area (Å²) in [6, 6.07) is 44.7. The number of hydrogen-bond acceptors (Lipinski definition) is 0. The molecule has 0 radical (unpaired) electrons. The van der Waals surface area contributed by atoms with E-state index in [0.29, 0.717) is 0 Å². The van der Waals surface area contributed by atoms with Crippen molar-refractivity contribution in [3.8, 4) is 0 Å². The van der Waals surface area contributed by atoms with E-state index in [-0.39, 0.29) is 34.0 Å². The number of unbranched alkanes of at least 4 members (excludes halogenated alkanes) is 18. The number of halogens is 2. The van der Waals surface area contributed by atoms with Crippen molar-refractivity contribution in [2.45, 2.75) is 142 Å². The van der Waals surface area contributed by atoms with Crippen molar-refractivity contribution < 1.29 is 34.0 Å². The quantitative estimate of drug-likeness (QED) is 0.0452. The second kappa shape index (κ2) is 34.2. The van der Waals surface area contributed by atoms with Crippen LogP contribution in [0.15, 0.2) is 121 Å². The predicted octanol–water partition coefficient (Wildman–Crippen LogP) is 7.55. The van der Waals surface area contributed by atoms with E-state index in [4.69, 9.17) is 0 Å². The van der Waals surface area contributed by atoms with Gasteiger partial charge in [-0.2, -0.15) is 0 Å². The van der Waals surface area contributed by atoms with Gasteiger partial charge in [-0.05, 0) is 74.2 Å². The Morgan fingerprint density at radius 1 is 0.269 bits per heavy atom. The van der Waals surface area contributed by atoms with Crippen LogP contribution in [0, 0.1) is 0 Å². The van der Waals surface area contributed by atoms with Crippen LogP contribution in [0.4, 0.5) is 0 Å². The van der Waals surface area contributed by atoms with Gasteiger partial charge in [-0.15, -0.1) is 0 Å². The van der Waals surface area contributed by atoms with E-state index in [0.717, 1.165) is 0 Å². The maximum atomic E-state index is 2.33. The average Bonchev–Trinajstić information content (AvgIpc) is 3.18. The van der Waals surface area contributed by atoms with Crippen LogP contribution >= 0.6 is 15.8 Å². The monoisotopic (exact) mass is 868 g/mol. The maximum absolute atomic E-state index is 2.33. The molecule has 4 heteroatoms. The van der Waals surface area contributed by atoms with E-state index >= 15 is 0 Å². The topological polar surface area (TPSA) is 0 Å². The van der Waals surface area contributed by atoms with Gasteiger partial charge in [0.25, 0.3) is 0 Å². The standard InChI is InChI=1S/2C24H35P.2BrH/c2*1-2-3-4-5-6-7-8-9-10-17-22-25(23-18-13-11-14-19-23)24-20-15-12-16-21-24;;/h2*11-16,18-21H,2-10,17,22H2,1H3;2*1H. The van der Waals surface area contributed by atoms with Crippen molar-refractivity contribution in [3.63, 3.8) is 0 Å². The fourth-order valence-corrected chi connectivity index (χ4v) is 12.5. The molecule has 0 atom stereocenters. The Kier molecular flexibility index (Phi) is 32.1. The second-order valence-electron chi connectivity index (χ2n) is 14.3. The van der Waals surface area contributed by atoms with Crippen LogP contribution < -0.4 is 55.2 Å². The average molecular weight is 871 g/mol. The number of rotatable bonds is 26. The first-order chi connectivity index (χ1) is 24.8. The first kappa shape index (κ1) is 48.7. The smallest absolute Gasteiger partial charge is 0.0966 e. The summed E-state index contributed by atoms with van der Waals surface area (Å²) in [5.41, 5.74) is 0. The highest BCUT2D eigenvalue weighted by Gasteiger charge is 2.22. The molecule has 0 N–H and O–H groups in total. The van der Waals surface area contributed by atoms with E-state index in [1.165, 1.54) is 141 Å². The Morgan fingerprint density at radius 2 is 0.462 bits per heavy atom. The Hall–Kier alpha value is -1.30. The third kappa shape index (κ3) is 22.2. The van der Waals surface area contributed by atoms with Crippen molar-refractivity contribution in [3.05, 3.63) is 121 Å². The Labute approximate surface area is 344 Å². The molecule has 0 spiro atoms. The Morgan fingerprint density at radius 3 is 0.673 bits per heavy atom. The van der Waals surface area contributed by atoms with Gasteiger partial charge < -0.3 is 34.0 Å². The minimum absolute atomic E-state index is 0. The van der Waals surface area contributed by atoms with Gasteiger partial charge in [-0.25, -0.2) is 0 Å². The fourth-order valence-electron chi connectivity index (χ4n) is 7.05. The predicted molar refractivity (Wildman–Crippen MR) is 234 cm³/mol. The van der Waals surface area contributed by atoms with E-state index in [9.17, 15) is 0 Å². The molecule has 0 amide bonds. The molecule has 0 unspecified atom stereocenters. The van der Waals surface area contributed by atoms with Crippen LogP contribution in [-0.2, 0) is 0 Å². The third-order valence-corrected chi connectivity index (χ3v) is 15.9. The van der Waals surface area contributed by atoms with E-state index in [2.05, 4.69) is 135 Å². The molecule has 4 aromatic carbocycles. The van der Waals surface area contributed by atoms with Gasteiger partial charge in [0.1, 0.15) is 0 Å². The molecule has 0 fully saturated rings. The van der Waals surface area contributed by atoms with Crippen molar-refractivity contribution in [1.82, 2.24) is 0 Å². The molecule has 4 aromatic rings. The molecule has 0 aromatic heterocycles. The molecule has 288 valence electrons. The summed E-state index contributed by atoms with van der Waals surface area (Å²) in [4.78, 5) is 0. The van der Waals surface area contributed by atoms with Gasteiger partial charge in [0.05, 0.1) is 49.4 Å². The summed E-state index contributed by atoms with van der Waals surface area (Å²) < 4.78 is 0. The Bertz CT molecular complexity index is 1110. The molecule has 0 aliphatic carbocycles. The van der Waals surface area contributed by atoms with Crippen LogP contribution in [0.5, 0.6) is 0 Å².